The van der Waals surface area contributed by atoms with Gasteiger partial charge in [0.1, 0.15) is 5.75 Å². The molecule has 0 amide bonds. The number of benzene rings is 1. The molecular formula is C16H15NO2. The number of fused-ring (bicyclic) bond motifs is 1. The van der Waals surface area contributed by atoms with E-state index >= 15 is 0 Å². The van der Waals surface area contributed by atoms with Crippen LogP contribution in [0.5, 0.6) is 5.75 Å². The molecule has 1 aromatic carbocycles. The Morgan fingerprint density at radius 1 is 1.05 bits per heavy atom. The van der Waals surface area contributed by atoms with Crippen LogP contribution in [0.1, 0.15) is 28.9 Å². The highest BCUT2D eigenvalue weighted by Crippen LogP contribution is 2.30. The molecule has 1 aromatic heterocycles. The Labute approximate surface area is 112 Å². The molecule has 1 aliphatic rings. The van der Waals surface area contributed by atoms with Crippen molar-refractivity contribution in [3.8, 4) is 17.0 Å². The SMILES string of the molecule is COc1ccccc1-c1ccc2c(n1)CCCC2=O. The Balaban J connectivity index is 2.09. The molecule has 0 atom stereocenters. The van der Waals surface area contributed by atoms with Crippen molar-refractivity contribution < 1.29 is 9.53 Å². The summed E-state index contributed by atoms with van der Waals surface area (Å²) in [6.45, 7) is 0. The summed E-state index contributed by atoms with van der Waals surface area (Å²) < 4.78 is 5.36. The topological polar surface area (TPSA) is 39.2 Å². The van der Waals surface area contributed by atoms with Gasteiger partial charge in [-0.15, -0.1) is 0 Å². The fourth-order valence-electron chi connectivity index (χ4n) is 2.50. The Bertz CT molecular complexity index is 634. The van der Waals surface area contributed by atoms with Crippen molar-refractivity contribution in [1.82, 2.24) is 4.98 Å². The molecule has 0 N–H and O–H groups in total. The van der Waals surface area contributed by atoms with Gasteiger partial charge in [0.15, 0.2) is 5.78 Å². The Morgan fingerprint density at radius 3 is 2.74 bits per heavy atom. The smallest absolute Gasteiger partial charge is 0.164 e. The van der Waals surface area contributed by atoms with Crippen molar-refractivity contribution in [2.75, 3.05) is 7.11 Å². The van der Waals surface area contributed by atoms with Crippen LogP contribution in [-0.4, -0.2) is 17.9 Å². The third-order valence-corrected chi connectivity index (χ3v) is 3.47. The van der Waals surface area contributed by atoms with Gasteiger partial charge in [-0.3, -0.25) is 9.78 Å². The van der Waals surface area contributed by atoms with Crippen LogP contribution in [0.4, 0.5) is 0 Å². The number of carbonyl (C=O) groups is 1. The predicted molar refractivity (Wildman–Crippen MR) is 73.5 cm³/mol. The Kier molecular flexibility index (Phi) is 3.03. The number of ether oxygens (including phenoxy) is 1. The van der Waals surface area contributed by atoms with Crippen LogP contribution >= 0.6 is 0 Å². The molecule has 0 unspecified atom stereocenters. The summed E-state index contributed by atoms with van der Waals surface area (Å²) >= 11 is 0. The van der Waals surface area contributed by atoms with Gasteiger partial charge < -0.3 is 4.74 Å². The maximum absolute atomic E-state index is 11.8. The molecular weight excluding hydrogens is 238 g/mol. The predicted octanol–water partition coefficient (Wildman–Crippen LogP) is 3.28. The summed E-state index contributed by atoms with van der Waals surface area (Å²) in [5, 5.41) is 0. The first kappa shape index (κ1) is 11.9. The number of hydrogen-bond donors (Lipinski definition) is 0. The number of aromatic nitrogens is 1. The average Bonchev–Trinajstić information content (AvgIpc) is 2.47. The van der Waals surface area contributed by atoms with Crippen molar-refractivity contribution in [1.29, 1.82) is 0 Å². The third-order valence-electron chi connectivity index (χ3n) is 3.47. The maximum Gasteiger partial charge on any atom is 0.164 e. The van der Waals surface area contributed by atoms with E-state index in [1.807, 2.05) is 36.4 Å². The molecule has 3 heteroatoms. The number of nitrogens with zero attached hydrogens (tertiary/aromatic N) is 1. The minimum Gasteiger partial charge on any atom is -0.496 e. The molecule has 0 saturated carbocycles. The van der Waals surface area contributed by atoms with Crippen molar-refractivity contribution in [2.24, 2.45) is 0 Å². The normalized spacial score (nSPS) is 14.1. The van der Waals surface area contributed by atoms with Crippen LogP contribution in [0, 0.1) is 0 Å². The van der Waals surface area contributed by atoms with Gasteiger partial charge in [-0.1, -0.05) is 12.1 Å². The first-order chi connectivity index (χ1) is 9.29. The fourth-order valence-corrected chi connectivity index (χ4v) is 2.50. The molecule has 3 nitrogen and oxygen atoms in total. The van der Waals surface area contributed by atoms with Gasteiger partial charge in [0, 0.05) is 17.5 Å². The first-order valence-corrected chi connectivity index (χ1v) is 6.46. The van der Waals surface area contributed by atoms with Gasteiger partial charge in [0.2, 0.25) is 0 Å². The zero-order chi connectivity index (χ0) is 13.2. The van der Waals surface area contributed by atoms with Crippen LogP contribution < -0.4 is 4.74 Å². The zero-order valence-electron chi connectivity index (χ0n) is 10.8. The number of ketones is 1. The minimum absolute atomic E-state index is 0.209. The van der Waals surface area contributed by atoms with Crippen LogP contribution in [-0.2, 0) is 6.42 Å². The molecule has 19 heavy (non-hydrogen) atoms. The molecule has 0 bridgehead atoms. The second kappa shape index (κ2) is 4.84. The van der Waals surface area contributed by atoms with Gasteiger partial charge >= 0.3 is 0 Å². The van der Waals surface area contributed by atoms with E-state index in [9.17, 15) is 4.79 Å². The van der Waals surface area contributed by atoms with Crippen molar-refractivity contribution >= 4 is 5.78 Å². The van der Waals surface area contributed by atoms with Crippen LogP contribution in [0.3, 0.4) is 0 Å². The summed E-state index contributed by atoms with van der Waals surface area (Å²) in [5.74, 6) is 1.01. The lowest BCUT2D eigenvalue weighted by molar-refractivity contribution is 0.0971. The number of hydrogen-bond acceptors (Lipinski definition) is 3. The standard InChI is InChI=1S/C16H15NO2/c1-19-16-8-3-2-5-12(16)14-10-9-11-13(17-14)6-4-7-15(11)18/h2-3,5,8-10H,4,6-7H2,1H3. The summed E-state index contributed by atoms with van der Waals surface area (Å²) in [7, 11) is 1.65. The lowest BCUT2D eigenvalue weighted by Crippen LogP contribution is -2.12. The van der Waals surface area contributed by atoms with Gasteiger partial charge in [-0.25, -0.2) is 0 Å². The summed E-state index contributed by atoms with van der Waals surface area (Å²) in [5.41, 5.74) is 3.53. The summed E-state index contributed by atoms with van der Waals surface area (Å²) in [6.07, 6.45) is 2.42. The number of carbonyl (C=O) groups excluding carboxylic acids is 1. The van der Waals surface area contributed by atoms with E-state index in [1.54, 1.807) is 7.11 Å². The van der Waals surface area contributed by atoms with E-state index in [2.05, 4.69) is 4.98 Å². The molecule has 0 saturated heterocycles. The van der Waals surface area contributed by atoms with Crippen LogP contribution in [0.15, 0.2) is 36.4 Å². The van der Waals surface area contributed by atoms with Gasteiger partial charge in [-0.2, -0.15) is 0 Å². The third kappa shape index (κ3) is 2.12. The molecule has 1 aliphatic carbocycles. The van der Waals surface area contributed by atoms with E-state index < -0.39 is 0 Å². The van der Waals surface area contributed by atoms with Crippen molar-refractivity contribution in [2.45, 2.75) is 19.3 Å². The maximum atomic E-state index is 11.8. The lowest BCUT2D eigenvalue weighted by Gasteiger charge is -2.15. The molecule has 1 heterocycles. The summed E-state index contributed by atoms with van der Waals surface area (Å²) in [4.78, 5) is 16.4. The van der Waals surface area contributed by atoms with Gasteiger partial charge in [0.05, 0.1) is 18.5 Å². The van der Waals surface area contributed by atoms with Crippen LogP contribution in [0.25, 0.3) is 11.3 Å². The minimum atomic E-state index is 0.209. The average molecular weight is 253 g/mol. The molecule has 3 rings (SSSR count). The van der Waals surface area contributed by atoms with E-state index in [0.717, 1.165) is 41.1 Å². The fraction of sp³-hybridized carbons (Fsp3) is 0.250. The van der Waals surface area contributed by atoms with Crippen LogP contribution in [0.2, 0.25) is 0 Å². The molecule has 96 valence electrons. The number of methoxy groups -OCH3 is 1. The lowest BCUT2D eigenvalue weighted by atomic mass is 9.94. The number of Topliss-reactive ketones (excluding diaryl/α,β-unsaturated/α-hetero) is 1. The van der Waals surface area contributed by atoms with Gasteiger partial charge in [0.25, 0.3) is 0 Å². The molecule has 0 aliphatic heterocycles. The second-order valence-corrected chi connectivity index (χ2v) is 4.67. The van der Waals surface area contributed by atoms with E-state index in [1.165, 1.54) is 0 Å². The quantitative estimate of drug-likeness (QED) is 0.824. The number of rotatable bonds is 2. The number of aryl methyl sites for hydroxylation is 1. The second-order valence-electron chi connectivity index (χ2n) is 4.67. The molecule has 0 radical (unpaired) electrons. The van der Waals surface area contributed by atoms with E-state index in [-0.39, 0.29) is 5.78 Å². The van der Waals surface area contributed by atoms with Crippen molar-refractivity contribution in [3.63, 3.8) is 0 Å². The highest BCUT2D eigenvalue weighted by Gasteiger charge is 2.19. The highest BCUT2D eigenvalue weighted by atomic mass is 16.5. The summed E-state index contributed by atoms with van der Waals surface area (Å²) in [6, 6.07) is 11.6. The first-order valence-electron chi connectivity index (χ1n) is 6.46. The monoisotopic (exact) mass is 253 g/mol. The Morgan fingerprint density at radius 2 is 1.89 bits per heavy atom. The largest absolute Gasteiger partial charge is 0.496 e. The van der Waals surface area contributed by atoms with E-state index in [0.29, 0.717) is 6.42 Å². The zero-order valence-corrected chi connectivity index (χ0v) is 10.8. The molecule has 2 aromatic rings. The number of pyridine rings is 1. The van der Waals surface area contributed by atoms with Gasteiger partial charge in [-0.05, 0) is 37.1 Å². The molecule has 0 spiro atoms. The van der Waals surface area contributed by atoms with Crippen molar-refractivity contribution in [3.05, 3.63) is 47.7 Å². The highest BCUT2D eigenvalue weighted by molar-refractivity contribution is 5.98. The van der Waals surface area contributed by atoms with E-state index in [4.69, 9.17) is 4.74 Å². The molecule has 0 fully saturated rings. The number of para-hydroxylation sites is 1. The Hall–Kier alpha value is -2.16.